The molecule has 0 bridgehead atoms. The van der Waals surface area contributed by atoms with Crippen molar-refractivity contribution in [2.45, 2.75) is 38.0 Å². The molecule has 0 aliphatic heterocycles. The third-order valence-corrected chi connectivity index (χ3v) is 5.30. The molecule has 0 unspecified atom stereocenters. The van der Waals surface area contributed by atoms with Crippen molar-refractivity contribution in [2.75, 3.05) is 19.4 Å². The fraction of sp³-hybridized carbons (Fsp3) is 0.600. The van der Waals surface area contributed by atoms with Gasteiger partial charge >= 0.3 is 0 Å². The largest absolute Gasteiger partial charge is 0.497 e. The summed E-state index contributed by atoms with van der Waals surface area (Å²) in [5.74, 6) is 0.841. The van der Waals surface area contributed by atoms with E-state index >= 15 is 0 Å². The molecule has 0 saturated heterocycles. The second-order valence-corrected chi connectivity index (χ2v) is 7.93. The average molecular weight is 299 g/mol. The summed E-state index contributed by atoms with van der Waals surface area (Å²) in [6, 6.07) is 6.53. The minimum atomic E-state index is -3.20. The van der Waals surface area contributed by atoms with Gasteiger partial charge in [0.05, 0.1) is 17.8 Å². The zero-order valence-electron chi connectivity index (χ0n) is 12.6. The SMILES string of the molecule is COc1ccc(S(=O)(=O)CCCCC(C)(C)CN)cc1. The molecule has 0 spiro atoms. The molecular formula is C15H25NO3S. The summed E-state index contributed by atoms with van der Waals surface area (Å²) < 4.78 is 29.3. The highest BCUT2D eigenvalue weighted by atomic mass is 32.2. The number of nitrogens with two attached hydrogens (primary N) is 1. The minimum absolute atomic E-state index is 0.0872. The van der Waals surface area contributed by atoms with Crippen molar-refractivity contribution < 1.29 is 13.2 Å². The molecule has 1 aromatic carbocycles. The molecule has 0 amide bonds. The van der Waals surface area contributed by atoms with Crippen molar-refractivity contribution in [2.24, 2.45) is 11.1 Å². The molecule has 114 valence electrons. The maximum atomic E-state index is 12.2. The van der Waals surface area contributed by atoms with Crippen molar-refractivity contribution >= 4 is 9.84 Å². The van der Waals surface area contributed by atoms with Crippen LogP contribution in [0.15, 0.2) is 29.2 Å². The number of hydrogen-bond donors (Lipinski definition) is 1. The summed E-state index contributed by atoms with van der Waals surface area (Å²) in [4.78, 5) is 0.358. The van der Waals surface area contributed by atoms with Crippen LogP contribution in [-0.2, 0) is 9.84 Å². The Bertz CT molecular complexity index is 506. The van der Waals surface area contributed by atoms with Crippen LogP contribution in [0.3, 0.4) is 0 Å². The van der Waals surface area contributed by atoms with Gasteiger partial charge in [0.25, 0.3) is 0 Å². The van der Waals surface area contributed by atoms with E-state index < -0.39 is 9.84 Å². The zero-order chi connectivity index (χ0) is 15.2. The van der Waals surface area contributed by atoms with Crippen LogP contribution >= 0.6 is 0 Å². The highest BCUT2D eigenvalue weighted by Crippen LogP contribution is 2.23. The monoisotopic (exact) mass is 299 g/mol. The molecule has 1 aromatic rings. The van der Waals surface area contributed by atoms with E-state index in [0.29, 0.717) is 23.6 Å². The van der Waals surface area contributed by atoms with Crippen molar-refractivity contribution in [3.63, 3.8) is 0 Å². The van der Waals surface area contributed by atoms with E-state index in [4.69, 9.17) is 10.5 Å². The third kappa shape index (κ3) is 5.13. The second-order valence-electron chi connectivity index (χ2n) is 5.82. The number of benzene rings is 1. The summed E-state index contributed by atoms with van der Waals surface area (Å²) in [6.45, 7) is 4.83. The van der Waals surface area contributed by atoms with E-state index in [1.165, 1.54) is 0 Å². The van der Waals surface area contributed by atoms with Gasteiger partial charge in [-0.2, -0.15) is 0 Å². The Kier molecular flexibility index (Phi) is 6.02. The van der Waals surface area contributed by atoms with Gasteiger partial charge in [-0.1, -0.05) is 20.3 Å². The van der Waals surface area contributed by atoms with Gasteiger partial charge in [-0.15, -0.1) is 0 Å². The molecule has 0 radical (unpaired) electrons. The van der Waals surface area contributed by atoms with Gasteiger partial charge in [-0.25, -0.2) is 8.42 Å². The Morgan fingerprint density at radius 2 is 1.75 bits per heavy atom. The standard InChI is InChI=1S/C15H25NO3S/c1-15(2,12-16)10-4-5-11-20(17,18)14-8-6-13(19-3)7-9-14/h6-9H,4-5,10-12,16H2,1-3H3. The Morgan fingerprint density at radius 3 is 2.25 bits per heavy atom. The first kappa shape index (κ1) is 17.0. The third-order valence-electron chi connectivity index (χ3n) is 3.49. The molecule has 0 heterocycles. The van der Waals surface area contributed by atoms with Crippen molar-refractivity contribution in [1.82, 2.24) is 0 Å². The van der Waals surface area contributed by atoms with Gasteiger partial charge in [0.2, 0.25) is 0 Å². The first-order chi connectivity index (χ1) is 9.30. The molecule has 0 fully saturated rings. The average Bonchev–Trinajstić information content (AvgIpc) is 2.44. The predicted molar refractivity (Wildman–Crippen MR) is 81.7 cm³/mol. The topological polar surface area (TPSA) is 69.4 Å². The van der Waals surface area contributed by atoms with E-state index in [2.05, 4.69) is 13.8 Å². The normalized spacial score (nSPS) is 12.4. The van der Waals surface area contributed by atoms with E-state index in [0.717, 1.165) is 12.8 Å². The van der Waals surface area contributed by atoms with Gasteiger partial charge in [0.15, 0.2) is 9.84 Å². The number of methoxy groups -OCH3 is 1. The van der Waals surface area contributed by atoms with Crippen LogP contribution in [0.25, 0.3) is 0 Å². The van der Waals surface area contributed by atoms with Gasteiger partial charge in [0, 0.05) is 0 Å². The smallest absolute Gasteiger partial charge is 0.178 e. The van der Waals surface area contributed by atoms with Crippen LogP contribution in [0.2, 0.25) is 0 Å². The van der Waals surface area contributed by atoms with E-state index in [1.54, 1.807) is 31.4 Å². The summed E-state index contributed by atoms with van der Waals surface area (Å²) in [6.07, 6.45) is 2.49. The van der Waals surface area contributed by atoms with Gasteiger partial charge in [-0.05, 0) is 49.1 Å². The Balaban J connectivity index is 2.53. The Morgan fingerprint density at radius 1 is 1.15 bits per heavy atom. The quantitative estimate of drug-likeness (QED) is 0.749. The molecule has 1 rings (SSSR count). The van der Waals surface area contributed by atoms with E-state index in [1.807, 2.05) is 0 Å². The lowest BCUT2D eigenvalue weighted by Crippen LogP contribution is -2.23. The fourth-order valence-electron chi connectivity index (χ4n) is 1.90. The lowest BCUT2D eigenvalue weighted by molar-refractivity contribution is 0.335. The zero-order valence-corrected chi connectivity index (χ0v) is 13.4. The summed E-state index contributed by atoms with van der Waals surface area (Å²) in [5, 5.41) is 0. The highest BCUT2D eigenvalue weighted by molar-refractivity contribution is 7.91. The summed E-state index contributed by atoms with van der Waals surface area (Å²) >= 11 is 0. The van der Waals surface area contributed by atoms with Crippen molar-refractivity contribution in [1.29, 1.82) is 0 Å². The molecule has 0 atom stereocenters. The van der Waals surface area contributed by atoms with Gasteiger partial charge in [0.1, 0.15) is 5.75 Å². The lowest BCUT2D eigenvalue weighted by atomic mass is 9.88. The predicted octanol–water partition coefficient (Wildman–Crippen LogP) is 2.62. The first-order valence-corrected chi connectivity index (χ1v) is 8.53. The number of hydrogen-bond acceptors (Lipinski definition) is 4. The van der Waals surface area contributed by atoms with Gasteiger partial charge < -0.3 is 10.5 Å². The van der Waals surface area contributed by atoms with Crippen LogP contribution in [0.5, 0.6) is 5.75 Å². The summed E-state index contributed by atoms with van der Waals surface area (Å²) in [5.41, 5.74) is 5.75. The Hall–Kier alpha value is -1.07. The fourth-order valence-corrected chi connectivity index (χ4v) is 3.27. The van der Waals surface area contributed by atoms with Crippen LogP contribution in [-0.4, -0.2) is 27.8 Å². The van der Waals surface area contributed by atoms with Crippen LogP contribution in [0, 0.1) is 5.41 Å². The minimum Gasteiger partial charge on any atom is -0.497 e. The molecule has 0 aliphatic carbocycles. The van der Waals surface area contributed by atoms with E-state index in [9.17, 15) is 8.42 Å². The maximum absolute atomic E-state index is 12.2. The van der Waals surface area contributed by atoms with Crippen LogP contribution in [0.4, 0.5) is 0 Å². The second kappa shape index (κ2) is 7.09. The van der Waals surface area contributed by atoms with Crippen molar-refractivity contribution in [3.05, 3.63) is 24.3 Å². The summed E-state index contributed by atoms with van der Waals surface area (Å²) in [7, 11) is -1.64. The molecule has 5 heteroatoms. The number of unbranched alkanes of at least 4 members (excludes halogenated alkanes) is 1. The number of rotatable bonds is 8. The van der Waals surface area contributed by atoms with Crippen LogP contribution < -0.4 is 10.5 Å². The molecule has 0 saturated carbocycles. The molecule has 0 aromatic heterocycles. The van der Waals surface area contributed by atoms with Crippen molar-refractivity contribution in [3.8, 4) is 5.75 Å². The Labute approximate surface area is 122 Å². The molecule has 2 N–H and O–H groups in total. The molecule has 20 heavy (non-hydrogen) atoms. The van der Waals surface area contributed by atoms with E-state index in [-0.39, 0.29) is 11.2 Å². The van der Waals surface area contributed by atoms with Gasteiger partial charge in [-0.3, -0.25) is 0 Å². The number of sulfone groups is 1. The maximum Gasteiger partial charge on any atom is 0.178 e. The van der Waals surface area contributed by atoms with Crippen LogP contribution in [0.1, 0.15) is 33.1 Å². The molecule has 4 nitrogen and oxygen atoms in total. The lowest BCUT2D eigenvalue weighted by Gasteiger charge is -2.21. The first-order valence-electron chi connectivity index (χ1n) is 6.88. The number of ether oxygens (including phenoxy) is 1. The molecule has 0 aliphatic rings. The molecular weight excluding hydrogens is 274 g/mol. The highest BCUT2D eigenvalue weighted by Gasteiger charge is 2.17.